The third-order valence-electron chi connectivity index (χ3n) is 4.07. The fourth-order valence-corrected chi connectivity index (χ4v) is 2.92. The Balaban J connectivity index is 1.77. The van der Waals surface area contributed by atoms with Crippen LogP contribution in [0.2, 0.25) is 0 Å². The zero-order valence-electron chi connectivity index (χ0n) is 13.5. The molecule has 1 aliphatic heterocycles. The second-order valence-electron chi connectivity index (χ2n) is 5.83. The lowest BCUT2D eigenvalue weighted by molar-refractivity contribution is -0.296. The van der Waals surface area contributed by atoms with Crippen LogP contribution in [0.5, 0.6) is 5.75 Å². The molecule has 1 N–H and O–H groups in total. The van der Waals surface area contributed by atoms with Crippen molar-refractivity contribution in [3.8, 4) is 5.75 Å². The number of hydrogen-bond donors (Lipinski definition) is 1. The number of benzene rings is 1. The van der Waals surface area contributed by atoms with Crippen LogP contribution < -0.4 is 4.74 Å². The van der Waals surface area contributed by atoms with Crippen molar-refractivity contribution >= 4 is 21.9 Å². The van der Waals surface area contributed by atoms with Gasteiger partial charge in [-0.25, -0.2) is 4.79 Å². The van der Waals surface area contributed by atoms with Gasteiger partial charge in [-0.15, -0.1) is 0 Å². The zero-order valence-corrected chi connectivity index (χ0v) is 15.0. The van der Waals surface area contributed by atoms with Gasteiger partial charge in [0.25, 0.3) is 5.79 Å². The van der Waals surface area contributed by atoms with Crippen LogP contribution in [0, 0.1) is 5.92 Å². The molecule has 1 aliphatic rings. The second kappa shape index (κ2) is 8.13. The van der Waals surface area contributed by atoms with Crippen molar-refractivity contribution in [3.05, 3.63) is 28.7 Å². The van der Waals surface area contributed by atoms with E-state index in [1.807, 2.05) is 31.2 Å². The highest BCUT2D eigenvalue weighted by atomic mass is 79.9. The Bertz CT molecular complexity index is 518. The molecule has 0 amide bonds. The van der Waals surface area contributed by atoms with Crippen LogP contribution in [0.25, 0.3) is 0 Å². The van der Waals surface area contributed by atoms with Gasteiger partial charge in [-0.05, 0) is 43.5 Å². The van der Waals surface area contributed by atoms with E-state index < -0.39 is 11.8 Å². The van der Waals surface area contributed by atoms with Gasteiger partial charge in [-0.2, -0.15) is 0 Å². The molecule has 3 atom stereocenters. The minimum atomic E-state index is -1.52. The largest absolute Gasteiger partial charge is 0.494 e. The van der Waals surface area contributed by atoms with Gasteiger partial charge in [-0.1, -0.05) is 22.9 Å². The summed E-state index contributed by atoms with van der Waals surface area (Å²) in [5, 5.41) is 9.18. The Hall–Kier alpha value is -1.11. The number of rotatable bonds is 7. The molecule has 0 spiro atoms. The maximum atomic E-state index is 11.2. The van der Waals surface area contributed by atoms with E-state index in [0.717, 1.165) is 29.5 Å². The summed E-state index contributed by atoms with van der Waals surface area (Å²) in [4.78, 5) is 11.2. The van der Waals surface area contributed by atoms with Crippen LogP contribution in [0.4, 0.5) is 0 Å². The van der Waals surface area contributed by atoms with Crippen molar-refractivity contribution < 1.29 is 24.1 Å². The first-order valence-corrected chi connectivity index (χ1v) is 8.67. The van der Waals surface area contributed by atoms with Crippen LogP contribution in [0.1, 0.15) is 33.1 Å². The number of carbonyl (C=O) groups is 1. The molecule has 3 unspecified atom stereocenters. The molecule has 2 rings (SSSR count). The summed E-state index contributed by atoms with van der Waals surface area (Å²) in [7, 11) is 0. The fourth-order valence-electron chi connectivity index (χ4n) is 2.66. The number of ether oxygens (including phenoxy) is 3. The van der Waals surface area contributed by atoms with Crippen LogP contribution in [-0.2, 0) is 14.3 Å². The van der Waals surface area contributed by atoms with Crippen molar-refractivity contribution in [1.29, 1.82) is 0 Å². The van der Waals surface area contributed by atoms with E-state index >= 15 is 0 Å². The van der Waals surface area contributed by atoms with Gasteiger partial charge < -0.3 is 19.3 Å². The SMILES string of the molecule is CCC1OC(C)(C(=O)O)OCC1CCCOc1ccc(Br)cc1. The molecule has 128 valence electrons. The molecule has 5 nitrogen and oxygen atoms in total. The topological polar surface area (TPSA) is 65.0 Å². The standard InChI is InChI=1S/C17H23BrO5/c1-3-15-12(11-22-17(2,23-15)16(19)20)5-4-10-21-14-8-6-13(18)7-9-14/h6-9,12,15H,3-5,10-11H2,1-2H3,(H,19,20). The number of carboxylic acid groups (broad SMARTS) is 1. The molecule has 23 heavy (non-hydrogen) atoms. The van der Waals surface area contributed by atoms with E-state index in [2.05, 4.69) is 15.9 Å². The number of carboxylic acids is 1. The molecule has 0 bridgehead atoms. The quantitative estimate of drug-likeness (QED) is 0.720. The summed E-state index contributed by atoms with van der Waals surface area (Å²) >= 11 is 3.39. The van der Waals surface area contributed by atoms with Gasteiger partial charge in [0.2, 0.25) is 0 Å². The highest BCUT2D eigenvalue weighted by molar-refractivity contribution is 9.10. The van der Waals surface area contributed by atoms with E-state index in [1.165, 1.54) is 6.92 Å². The zero-order chi connectivity index (χ0) is 16.9. The monoisotopic (exact) mass is 386 g/mol. The molecule has 0 radical (unpaired) electrons. The molecule has 1 aromatic rings. The van der Waals surface area contributed by atoms with Crippen molar-refractivity contribution in [1.82, 2.24) is 0 Å². The van der Waals surface area contributed by atoms with Gasteiger partial charge >= 0.3 is 5.97 Å². The van der Waals surface area contributed by atoms with E-state index in [1.54, 1.807) is 0 Å². The summed E-state index contributed by atoms with van der Waals surface area (Å²) in [5.74, 6) is -1.56. The molecule has 0 saturated carbocycles. The predicted molar refractivity (Wildman–Crippen MR) is 89.5 cm³/mol. The van der Waals surface area contributed by atoms with Gasteiger partial charge in [0.05, 0.1) is 19.3 Å². The Morgan fingerprint density at radius 3 is 2.74 bits per heavy atom. The van der Waals surface area contributed by atoms with Crippen molar-refractivity contribution in [3.63, 3.8) is 0 Å². The van der Waals surface area contributed by atoms with Gasteiger partial charge in [0, 0.05) is 17.3 Å². The molecule has 1 fully saturated rings. The maximum absolute atomic E-state index is 11.2. The van der Waals surface area contributed by atoms with E-state index in [0.29, 0.717) is 13.2 Å². The van der Waals surface area contributed by atoms with Gasteiger partial charge in [0.1, 0.15) is 5.75 Å². The van der Waals surface area contributed by atoms with Crippen molar-refractivity contribution in [2.75, 3.05) is 13.2 Å². The molecule has 1 saturated heterocycles. The smallest absolute Gasteiger partial charge is 0.364 e. The van der Waals surface area contributed by atoms with E-state index in [-0.39, 0.29) is 12.0 Å². The second-order valence-corrected chi connectivity index (χ2v) is 6.75. The summed E-state index contributed by atoms with van der Waals surface area (Å²) < 4.78 is 17.8. The predicted octanol–water partition coefficient (Wildman–Crippen LogP) is 3.85. The first-order valence-electron chi connectivity index (χ1n) is 7.88. The summed E-state index contributed by atoms with van der Waals surface area (Å²) in [6.45, 7) is 4.48. The third-order valence-corrected chi connectivity index (χ3v) is 4.60. The minimum absolute atomic E-state index is 0.0995. The van der Waals surface area contributed by atoms with Gasteiger partial charge in [-0.3, -0.25) is 0 Å². The molecule has 0 aromatic heterocycles. The fraction of sp³-hybridized carbons (Fsp3) is 0.588. The maximum Gasteiger partial charge on any atom is 0.364 e. The van der Waals surface area contributed by atoms with Crippen LogP contribution in [0.3, 0.4) is 0 Å². The van der Waals surface area contributed by atoms with Crippen LogP contribution in [0.15, 0.2) is 28.7 Å². The minimum Gasteiger partial charge on any atom is -0.494 e. The molecule has 1 heterocycles. The lowest BCUT2D eigenvalue weighted by Gasteiger charge is -2.40. The van der Waals surface area contributed by atoms with Crippen LogP contribution in [-0.4, -0.2) is 36.2 Å². The lowest BCUT2D eigenvalue weighted by Crippen LogP contribution is -2.52. The Kier molecular flexibility index (Phi) is 6.44. The summed E-state index contributed by atoms with van der Waals surface area (Å²) in [6, 6.07) is 7.73. The average molecular weight is 387 g/mol. The number of hydrogen-bond acceptors (Lipinski definition) is 4. The number of aliphatic carboxylic acids is 1. The third kappa shape index (κ3) is 4.93. The molecule has 1 aromatic carbocycles. The van der Waals surface area contributed by atoms with Crippen molar-refractivity contribution in [2.45, 2.75) is 45.0 Å². The summed E-state index contributed by atoms with van der Waals surface area (Å²) in [5.41, 5.74) is 0. The van der Waals surface area contributed by atoms with E-state index in [9.17, 15) is 9.90 Å². The Labute approximate surface area is 145 Å². The highest BCUT2D eigenvalue weighted by Crippen LogP contribution is 2.31. The summed E-state index contributed by atoms with van der Waals surface area (Å²) in [6.07, 6.45) is 2.42. The van der Waals surface area contributed by atoms with Gasteiger partial charge in [0.15, 0.2) is 0 Å². The van der Waals surface area contributed by atoms with E-state index in [4.69, 9.17) is 14.2 Å². The normalized spacial score (nSPS) is 27.6. The highest BCUT2D eigenvalue weighted by Gasteiger charge is 2.44. The average Bonchev–Trinajstić information content (AvgIpc) is 2.54. The molecular formula is C17H23BrO5. The van der Waals surface area contributed by atoms with Crippen LogP contribution >= 0.6 is 15.9 Å². The van der Waals surface area contributed by atoms with Crippen molar-refractivity contribution in [2.24, 2.45) is 5.92 Å². The first-order chi connectivity index (χ1) is 10.9. The molecular weight excluding hydrogens is 364 g/mol. The molecule has 0 aliphatic carbocycles. The molecule has 6 heteroatoms. The number of halogens is 1. The first kappa shape index (κ1) is 18.2. The Morgan fingerprint density at radius 1 is 1.43 bits per heavy atom. The lowest BCUT2D eigenvalue weighted by atomic mass is 9.94. The Morgan fingerprint density at radius 2 is 2.13 bits per heavy atom.